The first kappa shape index (κ1) is 12.1. The first-order chi connectivity index (χ1) is 7.11. The molecule has 2 atom stereocenters. The Morgan fingerprint density at radius 1 is 1.67 bits per heavy atom. The summed E-state index contributed by atoms with van der Waals surface area (Å²) in [5, 5.41) is 19.2. The van der Waals surface area contributed by atoms with Crippen LogP contribution in [0.4, 0.5) is 0 Å². The van der Waals surface area contributed by atoms with Gasteiger partial charge in [0.2, 0.25) is 0 Å². The highest BCUT2D eigenvalue weighted by Crippen LogP contribution is 2.19. The molecule has 0 bridgehead atoms. The van der Waals surface area contributed by atoms with Crippen molar-refractivity contribution < 1.29 is 5.11 Å². The number of aromatic nitrogens is 3. The summed E-state index contributed by atoms with van der Waals surface area (Å²) in [4.78, 5) is 4.08. The minimum Gasteiger partial charge on any atom is -0.396 e. The Morgan fingerprint density at radius 3 is 2.87 bits per heavy atom. The number of hydrogen-bond donors (Lipinski definition) is 3. The number of hydrogen-bond acceptors (Lipinski definition) is 4. The van der Waals surface area contributed by atoms with E-state index in [2.05, 4.69) is 34.3 Å². The molecule has 1 aromatic heterocycles. The highest BCUT2D eigenvalue weighted by atomic mass is 16.3. The molecule has 0 amide bonds. The highest BCUT2D eigenvalue weighted by Gasteiger charge is 2.22. The van der Waals surface area contributed by atoms with Gasteiger partial charge in [0.25, 0.3) is 0 Å². The van der Waals surface area contributed by atoms with Gasteiger partial charge in [0.1, 0.15) is 12.2 Å². The predicted molar refractivity (Wildman–Crippen MR) is 58.3 cm³/mol. The molecule has 0 saturated heterocycles. The standard InChI is InChI=1S/C10H20N4O/c1-4-10(3,6-15)5-11-8(2)9-12-7-13-14-9/h7-8,11,15H,4-6H2,1-3H3,(H,12,13,14). The van der Waals surface area contributed by atoms with Gasteiger partial charge in [-0.25, -0.2) is 4.98 Å². The lowest BCUT2D eigenvalue weighted by Crippen LogP contribution is -2.36. The van der Waals surface area contributed by atoms with Gasteiger partial charge in [-0.1, -0.05) is 13.8 Å². The Morgan fingerprint density at radius 2 is 2.40 bits per heavy atom. The van der Waals surface area contributed by atoms with Crippen LogP contribution in [0.15, 0.2) is 6.33 Å². The molecule has 1 heterocycles. The van der Waals surface area contributed by atoms with Gasteiger partial charge in [0.15, 0.2) is 0 Å². The lowest BCUT2D eigenvalue weighted by atomic mass is 9.88. The molecule has 1 aromatic rings. The second kappa shape index (κ2) is 5.23. The van der Waals surface area contributed by atoms with E-state index in [4.69, 9.17) is 0 Å². The average Bonchev–Trinajstić information content (AvgIpc) is 2.79. The quantitative estimate of drug-likeness (QED) is 0.654. The largest absolute Gasteiger partial charge is 0.396 e. The molecular formula is C10H20N4O. The zero-order chi connectivity index (χ0) is 11.3. The van der Waals surface area contributed by atoms with E-state index in [0.717, 1.165) is 18.8 Å². The number of aliphatic hydroxyl groups excluding tert-OH is 1. The Kier molecular flexibility index (Phi) is 4.23. The van der Waals surface area contributed by atoms with Crippen molar-refractivity contribution in [2.24, 2.45) is 5.41 Å². The Balaban J connectivity index is 2.43. The van der Waals surface area contributed by atoms with Gasteiger partial charge < -0.3 is 10.4 Å². The second-order valence-electron chi connectivity index (χ2n) is 4.30. The number of H-pyrrole nitrogens is 1. The molecule has 0 aromatic carbocycles. The summed E-state index contributed by atoms with van der Waals surface area (Å²) in [6, 6.07) is 0.130. The molecule has 0 spiro atoms. The van der Waals surface area contributed by atoms with E-state index in [0.29, 0.717) is 0 Å². The van der Waals surface area contributed by atoms with Gasteiger partial charge in [-0.3, -0.25) is 5.10 Å². The SMILES string of the molecule is CCC(C)(CO)CNC(C)c1ncn[nH]1. The molecule has 0 saturated carbocycles. The van der Waals surface area contributed by atoms with Crippen LogP contribution in [0.5, 0.6) is 0 Å². The first-order valence-electron chi connectivity index (χ1n) is 5.31. The summed E-state index contributed by atoms with van der Waals surface area (Å²) in [5.41, 5.74) is -0.0612. The van der Waals surface area contributed by atoms with Crippen LogP contribution in [0.3, 0.4) is 0 Å². The number of aliphatic hydroxyl groups is 1. The Bertz CT molecular complexity index is 269. The molecule has 3 N–H and O–H groups in total. The third-order valence-corrected chi connectivity index (χ3v) is 2.91. The second-order valence-corrected chi connectivity index (χ2v) is 4.30. The monoisotopic (exact) mass is 212 g/mol. The summed E-state index contributed by atoms with van der Waals surface area (Å²) >= 11 is 0. The summed E-state index contributed by atoms with van der Waals surface area (Å²) < 4.78 is 0. The van der Waals surface area contributed by atoms with Crippen molar-refractivity contribution >= 4 is 0 Å². The van der Waals surface area contributed by atoms with Crippen LogP contribution in [-0.2, 0) is 0 Å². The average molecular weight is 212 g/mol. The van der Waals surface area contributed by atoms with E-state index in [-0.39, 0.29) is 18.1 Å². The maximum Gasteiger partial charge on any atom is 0.141 e. The maximum absolute atomic E-state index is 9.25. The molecule has 2 unspecified atom stereocenters. The number of nitrogens with zero attached hydrogens (tertiary/aromatic N) is 2. The summed E-state index contributed by atoms with van der Waals surface area (Å²) in [6.07, 6.45) is 2.44. The lowest BCUT2D eigenvalue weighted by molar-refractivity contribution is 0.132. The summed E-state index contributed by atoms with van der Waals surface area (Å²) in [5.74, 6) is 0.825. The predicted octanol–water partition coefficient (Wildman–Crippen LogP) is 0.864. The molecule has 5 nitrogen and oxygen atoms in total. The van der Waals surface area contributed by atoms with Crippen molar-refractivity contribution in [1.29, 1.82) is 0 Å². The number of aromatic amines is 1. The van der Waals surface area contributed by atoms with Crippen LogP contribution in [0.2, 0.25) is 0 Å². The van der Waals surface area contributed by atoms with E-state index in [1.54, 1.807) is 0 Å². The van der Waals surface area contributed by atoms with E-state index in [9.17, 15) is 5.11 Å². The Labute approximate surface area is 90.3 Å². The zero-order valence-corrected chi connectivity index (χ0v) is 9.62. The number of nitrogens with one attached hydrogen (secondary N) is 2. The summed E-state index contributed by atoms with van der Waals surface area (Å²) in [6.45, 7) is 7.12. The molecular weight excluding hydrogens is 192 g/mol. The molecule has 0 aliphatic heterocycles. The molecule has 1 rings (SSSR count). The van der Waals surface area contributed by atoms with E-state index >= 15 is 0 Å². The topological polar surface area (TPSA) is 73.8 Å². The smallest absolute Gasteiger partial charge is 0.141 e. The first-order valence-corrected chi connectivity index (χ1v) is 5.31. The van der Waals surface area contributed by atoms with Gasteiger partial charge in [0.05, 0.1) is 6.04 Å². The van der Waals surface area contributed by atoms with Crippen molar-refractivity contribution in [3.8, 4) is 0 Å². The maximum atomic E-state index is 9.25. The molecule has 15 heavy (non-hydrogen) atoms. The molecule has 0 aliphatic carbocycles. The van der Waals surface area contributed by atoms with Gasteiger partial charge in [-0.2, -0.15) is 5.10 Å². The van der Waals surface area contributed by atoms with Gasteiger partial charge >= 0.3 is 0 Å². The third-order valence-electron chi connectivity index (χ3n) is 2.91. The molecule has 0 radical (unpaired) electrons. The van der Waals surface area contributed by atoms with Gasteiger partial charge in [-0.15, -0.1) is 0 Å². The van der Waals surface area contributed by atoms with Crippen LogP contribution in [0.1, 0.15) is 39.1 Å². The molecule has 86 valence electrons. The lowest BCUT2D eigenvalue weighted by Gasteiger charge is -2.27. The molecule has 0 fully saturated rings. The summed E-state index contributed by atoms with van der Waals surface area (Å²) in [7, 11) is 0. The van der Waals surface area contributed by atoms with Crippen LogP contribution < -0.4 is 5.32 Å². The normalized spacial score (nSPS) is 17.3. The zero-order valence-electron chi connectivity index (χ0n) is 9.62. The fraction of sp³-hybridized carbons (Fsp3) is 0.800. The number of rotatable bonds is 6. The van der Waals surface area contributed by atoms with Crippen LogP contribution >= 0.6 is 0 Å². The van der Waals surface area contributed by atoms with Crippen LogP contribution in [-0.4, -0.2) is 33.4 Å². The van der Waals surface area contributed by atoms with Crippen molar-refractivity contribution in [1.82, 2.24) is 20.5 Å². The van der Waals surface area contributed by atoms with Gasteiger partial charge in [-0.05, 0) is 13.3 Å². The third kappa shape index (κ3) is 3.28. The van der Waals surface area contributed by atoms with Crippen molar-refractivity contribution in [3.05, 3.63) is 12.2 Å². The molecule has 5 heteroatoms. The van der Waals surface area contributed by atoms with Crippen molar-refractivity contribution in [3.63, 3.8) is 0 Å². The van der Waals surface area contributed by atoms with E-state index in [1.807, 2.05) is 6.92 Å². The molecule has 0 aliphatic rings. The minimum absolute atomic E-state index is 0.0612. The van der Waals surface area contributed by atoms with E-state index in [1.165, 1.54) is 6.33 Å². The highest BCUT2D eigenvalue weighted by molar-refractivity contribution is 4.89. The minimum atomic E-state index is -0.0612. The van der Waals surface area contributed by atoms with Crippen LogP contribution in [0, 0.1) is 5.41 Å². The fourth-order valence-electron chi connectivity index (χ4n) is 1.21. The van der Waals surface area contributed by atoms with Gasteiger partial charge in [0, 0.05) is 18.6 Å². The van der Waals surface area contributed by atoms with Crippen LogP contribution in [0.25, 0.3) is 0 Å². The fourth-order valence-corrected chi connectivity index (χ4v) is 1.21. The van der Waals surface area contributed by atoms with E-state index < -0.39 is 0 Å². The Hall–Kier alpha value is -0.940. The van der Waals surface area contributed by atoms with Crippen molar-refractivity contribution in [2.45, 2.75) is 33.2 Å². The van der Waals surface area contributed by atoms with Crippen molar-refractivity contribution in [2.75, 3.05) is 13.2 Å².